The van der Waals surface area contributed by atoms with Crippen molar-refractivity contribution < 1.29 is 19.0 Å². The van der Waals surface area contributed by atoms with Crippen molar-refractivity contribution in [1.29, 1.82) is 0 Å². The summed E-state index contributed by atoms with van der Waals surface area (Å²) >= 11 is 0. The first-order valence-electron chi connectivity index (χ1n) is 5.31. The maximum atomic E-state index is 11.4. The third kappa shape index (κ3) is 2.03. The van der Waals surface area contributed by atoms with Crippen molar-refractivity contribution in [2.24, 2.45) is 0 Å². The number of pyridine rings is 1. The Kier molecular flexibility index (Phi) is 3.13. The number of carbonyl (C=O) groups is 1. The Labute approximate surface area is 99.7 Å². The molecule has 0 N–H and O–H groups in total. The van der Waals surface area contributed by atoms with Crippen LogP contribution in [0.25, 0.3) is 0 Å². The minimum atomic E-state index is -0.518. The second-order valence-electron chi connectivity index (χ2n) is 4.17. The molecule has 92 valence electrons. The molecule has 0 aromatic carbocycles. The monoisotopic (exact) mass is 237 g/mol. The lowest BCUT2D eigenvalue weighted by Crippen LogP contribution is -2.27. The average molecular weight is 237 g/mol. The van der Waals surface area contributed by atoms with E-state index in [0.29, 0.717) is 18.9 Å². The minimum Gasteiger partial charge on any atom is -0.464 e. The third-order valence-electron chi connectivity index (χ3n) is 2.92. The van der Waals surface area contributed by atoms with E-state index in [4.69, 9.17) is 9.47 Å². The quantitative estimate of drug-likeness (QED) is 0.741. The molecule has 2 heterocycles. The topological polar surface area (TPSA) is 57.7 Å². The number of ether oxygens (including phenoxy) is 3. The van der Waals surface area contributed by atoms with Gasteiger partial charge < -0.3 is 14.2 Å². The minimum absolute atomic E-state index is 0.291. The number of carbonyl (C=O) groups excluding carboxylic acids is 1. The maximum absolute atomic E-state index is 11.4. The van der Waals surface area contributed by atoms with E-state index in [9.17, 15) is 4.79 Å². The van der Waals surface area contributed by atoms with Gasteiger partial charge in [-0.3, -0.25) is 0 Å². The van der Waals surface area contributed by atoms with Crippen molar-refractivity contribution in [3.63, 3.8) is 0 Å². The van der Waals surface area contributed by atoms with Crippen LogP contribution in [-0.2, 0) is 26.4 Å². The Hall–Kier alpha value is -1.46. The highest BCUT2D eigenvalue weighted by Gasteiger charge is 2.36. The number of hydrogen-bond donors (Lipinski definition) is 0. The molecule has 0 saturated heterocycles. The molecule has 0 amide bonds. The van der Waals surface area contributed by atoms with Crippen LogP contribution in [0.2, 0.25) is 0 Å². The van der Waals surface area contributed by atoms with E-state index < -0.39 is 11.6 Å². The van der Waals surface area contributed by atoms with Gasteiger partial charge in [-0.05, 0) is 18.6 Å². The molecule has 0 fully saturated rings. The average Bonchev–Trinajstić information content (AvgIpc) is 2.66. The fraction of sp³-hybridized carbons (Fsp3) is 0.500. The first-order valence-corrected chi connectivity index (χ1v) is 5.31. The predicted octanol–water partition coefficient (Wildman–Crippen LogP) is 1.26. The highest BCUT2D eigenvalue weighted by atomic mass is 16.5. The Morgan fingerprint density at radius 2 is 2.35 bits per heavy atom. The van der Waals surface area contributed by atoms with Crippen LogP contribution in [0.3, 0.4) is 0 Å². The van der Waals surface area contributed by atoms with Crippen LogP contribution in [0.1, 0.15) is 28.5 Å². The standard InChI is InChI=1S/C12H15NO4/c1-12(7-15-2)9-4-10(11(14)16-3)13-5-8(9)6-17-12/h4-5H,6-7H2,1-3H3. The molecule has 1 aromatic heterocycles. The van der Waals surface area contributed by atoms with Crippen LogP contribution in [0.5, 0.6) is 0 Å². The molecule has 1 aromatic rings. The molecule has 5 heteroatoms. The summed E-state index contributed by atoms with van der Waals surface area (Å²) in [6, 6.07) is 1.72. The molecule has 0 spiro atoms. The van der Waals surface area contributed by atoms with Crippen LogP contribution >= 0.6 is 0 Å². The Morgan fingerprint density at radius 3 is 3.00 bits per heavy atom. The molecule has 1 aliphatic rings. The first kappa shape index (κ1) is 12.0. The van der Waals surface area contributed by atoms with Crippen LogP contribution in [0.4, 0.5) is 0 Å². The number of nitrogens with zero attached hydrogens (tertiary/aromatic N) is 1. The third-order valence-corrected chi connectivity index (χ3v) is 2.92. The second kappa shape index (κ2) is 4.43. The summed E-state index contributed by atoms with van der Waals surface area (Å²) in [5.74, 6) is -0.445. The second-order valence-corrected chi connectivity index (χ2v) is 4.17. The Morgan fingerprint density at radius 1 is 1.59 bits per heavy atom. The molecular formula is C12H15NO4. The van der Waals surface area contributed by atoms with Crippen molar-refractivity contribution in [3.05, 3.63) is 29.1 Å². The molecule has 1 aliphatic heterocycles. The van der Waals surface area contributed by atoms with E-state index in [1.54, 1.807) is 19.4 Å². The van der Waals surface area contributed by atoms with E-state index in [1.165, 1.54) is 7.11 Å². The fourth-order valence-corrected chi connectivity index (χ4v) is 2.02. The number of rotatable bonds is 3. The summed E-state index contributed by atoms with van der Waals surface area (Å²) in [6.45, 7) is 2.86. The molecule has 0 bridgehead atoms. The van der Waals surface area contributed by atoms with Gasteiger partial charge in [0.15, 0.2) is 0 Å². The summed E-state index contributed by atoms with van der Waals surface area (Å²) in [6.07, 6.45) is 1.66. The summed E-state index contributed by atoms with van der Waals surface area (Å²) in [4.78, 5) is 15.5. The van der Waals surface area contributed by atoms with E-state index in [0.717, 1.165) is 11.1 Å². The zero-order valence-corrected chi connectivity index (χ0v) is 10.1. The number of aromatic nitrogens is 1. The Bertz CT molecular complexity index is 442. The fourth-order valence-electron chi connectivity index (χ4n) is 2.02. The van der Waals surface area contributed by atoms with Crippen LogP contribution in [0, 0.1) is 0 Å². The molecule has 17 heavy (non-hydrogen) atoms. The lowest BCUT2D eigenvalue weighted by Gasteiger charge is -2.23. The summed E-state index contributed by atoms with van der Waals surface area (Å²) in [5.41, 5.74) is 1.70. The van der Waals surface area contributed by atoms with Crippen LogP contribution < -0.4 is 0 Å². The van der Waals surface area contributed by atoms with E-state index in [1.807, 2.05) is 6.92 Å². The van der Waals surface area contributed by atoms with Gasteiger partial charge in [0.05, 0.1) is 20.3 Å². The Balaban J connectivity index is 2.40. The van der Waals surface area contributed by atoms with E-state index in [2.05, 4.69) is 9.72 Å². The zero-order chi connectivity index (χ0) is 12.5. The summed E-state index contributed by atoms with van der Waals surface area (Å²) < 4.78 is 15.5. The largest absolute Gasteiger partial charge is 0.464 e. The molecular weight excluding hydrogens is 222 g/mol. The van der Waals surface area contributed by atoms with Gasteiger partial charge in [0.1, 0.15) is 11.3 Å². The highest BCUT2D eigenvalue weighted by molar-refractivity contribution is 5.87. The normalized spacial score (nSPS) is 22.3. The maximum Gasteiger partial charge on any atom is 0.356 e. The number of hydrogen-bond acceptors (Lipinski definition) is 5. The van der Waals surface area contributed by atoms with Gasteiger partial charge in [0.2, 0.25) is 0 Å². The van der Waals surface area contributed by atoms with Crippen molar-refractivity contribution in [3.8, 4) is 0 Å². The molecule has 0 saturated carbocycles. The van der Waals surface area contributed by atoms with E-state index in [-0.39, 0.29) is 0 Å². The molecule has 2 rings (SSSR count). The predicted molar refractivity (Wildman–Crippen MR) is 59.6 cm³/mol. The number of fused-ring (bicyclic) bond motifs is 1. The highest BCUT2D eigenvalue weighted by Crippen LogP contribution is 2.36. The van der Waals surface area contributed by atoms with Crippen LogP contribution in [0.15, 0.2) is 12.3 Å². The zero-order valence-electron chi connectivity index (χ0n) is 10.1. The van der Waals surface area contributed by atoms with E-state index >= 15 is 0 Å². The lowest BCUT2D eigenvalue weighted by atomic mass is 9.95. The lowest BCUT2D eigenvalue weighted by molar-refractivity contribution is -0.0716. The van der Waals surface area contributed by atoms with Crippen molar-refractivity contribution in [1.82, 2.24) is 4.98 Å². The molecule has 0 aliphatic carbocycles. The summed E-state index contributed by atoms with van der Waals surface area (Å²) in [7, 11) is 2.96. The number of esters is 1. The molecule has 0 radical (unpaired) electrons. The van der Waals surface area contributed by atoms with Crippen LogP contribution in [-0.4, -0.2) is 31.8 Å². The van der Waals surface area contributed by atoms with Gasteiger partial charge in [-0.25, -0.2) is 9.78 Å². The van der Waals surface area contributed by atoms with Gasteiger partial charge in [-0.15, -0.1) is 0 Å². The molecule has 1 atom stereocenters. The SMILES string of the molecule is COCC1(C)OCc2cnc(C(=O)OC)cc21. The van der Waals surface area contributed by atoms with Gasteiger partial charge in [-0.1, -0.05) is 0 Å². The number of methoxy groups -OCH3 is 2. The molecule has 1 unspecified atom stereocenters. The smallest absolute Gasteiger partial charge is 0.356 e. The van der Waals surface area contributed by atoms with Crippen molar-refractivity contribution >= 4 is 5.97 Å². The van der Waals surface area contributed by atoms with Crippen molar-refractivity contribution in [2.75, 3.05) is 20.8 Å². The van der Waals surface area contributed by atoms with Gasteiger partial charge in [-0.2, -0.15) is 0 Å². The van der Waals surface area contributed by atoms with Crippen molar-refractivity contribution in [2.45, 2.75) is 19.1 Å². The molecule has 5 nitrogen and oxygen atoms in total. The van der Waals surface area contributed by atoms with Gasteiger partial charge in [0, 0.05) is 18.9 Å². The first-order chi connectivity index (χ1) is 8.10. The summed E-state index contributed by atoms with van der Waals surface area (Å²) in [5, 5.41) is 0. The van der Waals surface area contributed by atoms with Gasteiger partial charge in [0.25, 0.3) is 0 Å². The van der Waals surface area contributed by atoms with Gasteiger partial charge >= 0.3 is 5.97 Å².